The molecule has 33 heavy (non-hydrogen) atoms. The second-order valence-electron chi connectivity index (χ2n) is 7.52. The largest absolute Gasteiger partial charge is 0.490 e. The maximum absolute atomic E-state index is 13.2. The minimum absolute atomic E-state index is 0.0317. The number of pyridine rings is 1. The van der Waals surface area contributed by atoms with Gasteiger partial charge in [-0.1, -0.05) is 0 Å². The summed E-state index contributed by atoms with van der Waals surface area (Å²) in [6, 6.07) is 4.73. The van der Waals surface area contributed by atoms with Crippen LogP contribution >= 0.6 is 0 Å². The first kappa shape index (κ1) is 24.3. The molecule has 0 radical (unpaired) electrons. The lowest BCUT2D eigenvalue weighted by Crippen LogP contribution is -2.13. The Labute approximate surface area is 189 Å². The Morgan fingerprint density at radius 3 is 2.48 bits per heavy atom. The molecule has 0 fully saturated rings. The number of nitrogen functional groups attached to an aromatic ring is 1. The normalized spacial score (nSPS) is 12.6. The standard InChI is InChI=1S/C22H27F3N6O2/c1-12(14-8-15(22(23,24)25)10-16(26)9-14)28-19-17-11-18(33-7-5-6-32-4)21(27-3)31-20(17)30-13(2)29-19/h8-12H,5-7,26H2,1-4H3,(H2,27,28,29,30,31)/t12-/m1/s1. The molecular formula is C22H27F3N6O2. The number of halogens is 3. The van der Waals surface area contributed by atoms with Gasteiger partial charge in [-0.05, 0) is 43.7 Å². The van der Waals surface area contributed by atoms with Crippen molar-refractivity contribution in [1.29, 1.82) is 0 Å². The van der Waals surface area contributed by atoms with Gasteiger partial charge in [0.2, 0.25) is 0 Å². The van der Waals surface area contributed by atoms with Crippen molar-refractivity contribution in [3.63, 3.8) is 0 Å². The smallest absolute Gasteiger partial charge is 0.416 e. The minimum Gasteiger partial charge on any atom is -0.490 e. The second-order valence-corrected chi connectivity index (χ2v) is 7.52. The quantitative estimate of drug-likeness (QED) is 0.312. The average Bonchev–Trinajstić information content (AvgIpc) is 2.75. The molecule has 0 unspecified atom stereocenters. The van der Waals surface area contributed by atoms with E-state index in [0.29, 0.717) is 59.4 Å². The molecule has 8 nitrogen and oxygen atoms in total. The Balaban J connectivity index is 1.97. The number of methoxy groups -OCH3 is 1. The third-order valence-electron chi connectivity index (χ3n) is 4.91. The summed E-state index contributed by atoms with van der Waals surface area (Å²) in [5.41, 5.74) is 5.76. The van der Waals surface area contributed by atoms with Crippen LogP contribution in [0.1, 0.15) is 36.3 Å². The monoisotopic (exact) mass is 464 g/mol. The third-order valence-corrected chi connectivity index (χ3v) is 4.91. The minimum atomic E-state index is -4.50. The van der Waals surface area contributed by atoms with Crippen LogP contribution in [0, 0.1) is 6.92 Å². The fourth-order valence-corrected chi connectivity index (χ4v) is 3.31. The van der Waals surface area contributed by atoms with Gasteiger partial charge >= 0.3 is 6.18 Å². The second kappa shape index (κ2) is 10.1. The highest BCUT2D eigenvalue weighted by molar-refractivity contribution is 5.89. The van der Waals surface area contributed by atoms with Gasteiger partial charge in [-0.15, -0.1) is 0 Å². The van der Waals surface area contributed by atoms with Crippen molar-refractivity contribution < 1.29 is 22.6 Å². The van der Waals surface area contributed by atoms with Crippen molar-refractivity contribution in [2.45, 2.75) is 32.5 Å². The molecule has 0 saturated heterocycles. The zero-order chi connectivity index (χ0) is 24.2. The number of benzene rings is 1. The molecule has 0 aliphatic heterocycles. The lowest BCUT2D eigenvalue weighted by molar-refractivity contribution is -0.137. The number of nitrogens with one attached hydrogen (secondary N) is 2. The molecule has 1 atom stereocenters. The molecule has 11 heteroatoms. The molecule has 0 aliphatic rings. The first-order chi connectivity index (χ1) is 15.6. The maximum Gasteiger partial charge on any atom is 0.416 e. The number of fused-ring (bicyclic) bond motifs is 1. The zero-order valence-corrected chi connectivity index (χ0v) is 18.9. The van der Waals surface area contributed by atoms with Crippen LogP contribution in [0.2, 0.25) is 0 Å². The Hall–Kier alpha value is -3.34. The SMILES string of the molecule is CNc1nc2nc(C)nc(N[C@H](C)c3cc(N)cc(C(F)(F)F)c3)c2cc1OCCCOC. The van der Waals surface area contributed by atoms with Gasteiger partial charge in [0.15, 0.2) is 17.2 Å². The molecular weight excluding hydrogens is 437 g/mol. The van der Waals surface area contributed by atoms with E-state index in [1.165, 1.54) is 6.07 Å². The first-order valence-corrected chi connectivity index (χ1v) is 10.4. The predicted molar refractivity (Wildman–Crippen MR) is 121 cm³/mol. The Bertz CT molecular complexity index is 1120. The lowest BCUT2D eigenvalue weighted by Gasteiger charge is -2.19. The zero-order valence-electron chi connectivity index (χ0n) is 18.9. The van der Waals surface area contributed by atoms with Gasteiger partial charge < -0.3 is 25.8 Å². The van der Waals surface area contributed by atoms with Crippen LogP contribution in [-0.2, 0) is 10.9 Å². The van der Waals surface area contributed by atoms with Gasteiger partial charge in [0.05, 0.1) is 23.6 Å². The molecule has 3 aromatic rings. The summed E-state index contributed by atoms with van der Waals surface area (Å²) in [4.78, 5) is 13.4. The molecule has 0 saturated carbocycles. The van der Waals surface area contributed by atoms with Gasteiger partial charge in [-0.2, -0.15) is 13.2 Å². The fraction of sp³-hybridized carbons (Fsp3) is 0.409. The Morgan fingerprint density at radius 1 is 1.06 bits per heavy atom. The number of ether oxygens (including phenoxy) is 2. The van der Waals surface area contributed by atoms with Crippen molar-refractivity contribution in [2.24, 2.45) is 0 Å². The number of hydrogen-bond acceptors (Lipinski definition) is 8. The number of nitrogens with two attached hydrogens (primary N) is 1. The summed E-state index contributed by atoms with van der Waals surface area (Å²) in [6.07, 6.45) is -3.80. The predicted octanol–water partition coefficient (Wildman–Crippen LogP) is 4.56. The highest BCUT2D eigenvalue weighted by Crippen LogP contribution is 2.35. The van der Waals surface area contributed by atoms with E-state index in [9.17, 15) is 13.2 Å². The van der Waals surface area contributed by atoms with Crippen LogP contribution in [0.5, 0.6) is 5.75 Å². The summed E-state index contributed by atoms with van der Waals surface area (Å²) in [6.45, 7) is 4.43. The number of nitrogens with zero attached hydrogens (tertiary/aromatic N) is 3. The van der Waals surface area contributed by atoms with Crippen molar-refractivity contribution >= 4 is 28.4 Å². The van der Waals surface area contributed by atoms with Crippen LogP contribution < -0.4 is 21.1 Å². The summed E-state index contributed by atoms with van der Waals surface area (Å²) in [5.74, 6) is 1.91. The highest BCUT2D eigenvalue weighted by atomic mass is 19.4. The van der Waals surface area contributed by atoms with Crippen LogP contribution in [0.3, 0.4) is 0 Å². The van der Waals surface area contributed by atoms with E-state index in [-0.39, 0.29) is 5.69 Å². The van der Waals surface area contributed by atoms with E-state index in [4.69, 9.17) is 15.2 Å². The van der Waals surface area contributed by atoms with E-state index in [0.717, 1.165) is 12.1 Å². The van der Waals surface area contributed by atoms with Gasteiger partial charge in [-0.25, -0.2) is 15.0 Å². The van der Waals surface area contributed by atoms with Crippen molar-refractivity contribution in [3.8, 4) is 5.75 Å². The van der Waals surface area contributed by atoms with E-state index in [1.807, 2.05) is 0 Å². The van der Waals surface area contributed by atoms with Gasteiger partial charge in [-0.3, -0.25) is 0 Å². The Kier molecular flexibility index (Phi) is 7.42. The molecule has 0 bridgehead atoms. The number of alkyl halides is 3. The highest BCUT2D eigenvalue weighted by Gasteiger charge is 2.31. The molecule has 4 N–H and O–H groups in total. The topological polar surface area (TPSA) is 107 Å². The van der Waals surface area contributed by atoms with Crippen LogP contribution in [0.4, 0.5) is 30.5 Å². The average molecular weight is 464 g/mol. The summed E-state index contributed by atoms with van der Waals surface area (Å²) in [5, 5.41) is 6.75. The molecule has 0 aliphatic carbocycles. The van der Waals surface area contributed by atoms with Crippen molar-refractivity contribution in [2.75, 3.05) is 43.7 Å². The van der Waals surface area contributed by atoms with Crippen LogP contribution in [0.25, 0.3) is 11.0 Å². The summed E-state index contributed by atoms with van der Waals surface area (Å²) in [7, 11) is 3.34. The van der Waals surface area contributed by atoms with Gasteiger partial charge in [0.25, 0.3) is 0 Å². The maximum atomic E-state index is 13.2. The first-order valence-electron chi connectivity index (χ1n) is 10.4. The molecule has 2 heterocycles. The molecule has 178 valence electrons. The lowest BCUT2D eigenvalue weighted by atomic mass is 10.0. The van der Waals surface area contributed by atoms with E-state index < -0.39 is 17.8 Å². The van der Waals surface area contributed by atoms with E-state index in [2.05, 4.69) is 25.6 Å². The number of aromatic nitrogens is 3. The fourth-order valence-electron chi connectivity index (χ4n) is 3.31. The molecule has 0 spiro atoms. The molecule has 2 aromatic heterocycles. The number of rotatable bonds is 9. The van der Waals surface area contributed by atoms with Gasteiger partial charge in [0.1, 0.15) is 11.6 Å². The van der Waals surface area contributed by atoms with Crippen molar-refractivity contribution in [1.82, 2.24) is 15.0 Å². The van der Waals surface area contributed by atoms with Crippen LogP contribution in [-0.4, -0.2) is 42.3 Å². The molecule has 0 amide bonds. The summed E-state index contributed by atoms with van der Waals surface area (Å²) < 4.78 is 50.6. The van der Waals surface area contributed by atoms with Crippen molar-refractivity contribution in [3.05, 3.63) is 41.2 Å². The van der Waals surface area contributed by atoms with E-state index in [1.54, 1.807) is 34.1 Å². The Morgan fingerprint density at radius 2 is 1.82 bits per heavy atom. The third kappa shape index (κ3) is 5.92. The van der Waals surface area contributed by atoms with E-state index >= 15 is 0 Å². The summed E-state index contributed by atoms with van der Waals surface area (Å²) >= 11 is 0. The molecule has 1 aromatic carbocycles. The number of aryl methyl sites for hydroxylation is 1. The van der Waals surface area contributed by atoms with Crippen LogP contribution in [0.15, 0.2) is 24.3 Å². The number of hydrogen-bond donors (Lipinski definition) is 3. The van der Waals surface area contributed by atoms with Gasteiger partial charge in [0, 0.05) is 32.9 Å². The molecule has 3 rings (SSSR count). The number of anilines is 3.